The fraction of sp³-hybridized carbons (Fsp3) is 0.763. The number of pyridine rings is 1. The van der Waals surface area contributed by atoms with Crippen LogP contribution in [0.25, 0.3) is 0 Å². The molecule has 2 saturated heterocycles. The predicted molar refractivity (Wildman–Crippen MR) is 185 cm³/mol. The SMILES string of the molecule is CC1=C2[C@H]3O[C@@H](CN(C)C)O[C@H]3[C@]3(C)CC[C@H]4OC[C@@]4(O)[C@H]3[C@H](C)[C@](O)(C[C@@H]1OC(=O)[C@H](O)[C@@H](NC(=O)OC(C)(C)C)c1ncccc1F)C2(C)C. The second kappa shape index (κ2) is 13.2. The van der Waals surface area contributed by atoms with Gasteiger partial charge in [0.2, 0.25) is 0 Å². The van der Waals surface area contributed by atoms with Crippen LogP contribution >= 0.6 is 0 Å². The van der Waals surface area contributed by atoms with Gasteiger partial charge in [-0.05, 0) is 83.8 Å². The number of amides is 1. The fourth-order valence-electron chi connectivity index (χ4n) is 10.1. The first-order valence-corrected chi connectivity index (χ1v) is 18.3. The highest BCUT2D eigenvalue weighted by atomic mass is 19.1. The lowest BCUT2D eigenvalue weighted by Gasteiger charge is -2.68. The number of hydrogen-bond acceptors (Lipinski definition) is 12. The molecule has 14 heteroatoms. The van der Waals surface area contributed by atoms with Crippen molar-refractivity contribution in [1.29, 1.82) is 0 Å². The lowest BCUT2D eigenvalue weighted by atomic mass is 9.43. The molecule has 3 heterocycles. The molecule has 290 valence electrons. The zero-order chi connectivity index (χ0) is 38.3. The minimum Gasteiger partial charge on any atom is -0.456 e. The Morgan fingerprint density at radius 2 is 1.88 bits per heavy atom. The van der Waals surface area contributed by atoms with E-state index in [1.54, 1.807) is 20.8 Å². The summed E-state index contributed by atoms with van der Waals surface area (Å²) in [5.74, 6) is -3.06. The molecule has 13 nitrogen and oxygen atoms in total. The van der Waals surface area contributed by atoms with Gasteiger partial charge >= 0.3 is 12.1 Å². The van der Waals surface area contributed by atoms with Crippen LogP contribution in [0.2, 0.25) is 0 Å². The summed E-state index contributed by atoms with van der Waals surface area (Å²) in [6.07, 6.45) is -3.83. The van der Waals surface area contributed by atoms with Crippen LogP contribution in [0.3, 0.4) is 0 Å². The van der Waals surface area contributed by atoms with Crippen LogP contribution in [0.1, 0.15) is 86.4 Å². The molecule has 0 aromatic carbocycles. The Morgan fingerprint density at radius 3 is 2.48 bits per heavy atom. The Kier molecular flexibility index (Phi) is 9.93. The van der Waals surface area contributed by atoms with Gasteiger partial charge in [-0.2, -0.15) is 0 Å². The summed E-state index contributed by atoms with van der Waals surface area (Å²) in [6.45, 7) is 15.3. The highest BCUT2D eigenvalue weighted by molar-refractivity contribution is 5.78. The Morgan fingerprint density at radius 1 is 1.19 bits per heavy atom. The summed E-state index contributed by atoms with van der Waals surface area (Å²) in [5.41, 5.74) is -4.32. The van der Waals surface area contributed by atoms with E-state index in [4.69, 9.17) is 23.7 Å². The Hall–Kier alpha value is -2.72. The van der Waals surface area contributed by atoms with Gasteiger partial charge in [-0.1, -0.05) is 27.7 Å². The van der Waals surface area contributed by atoms with Crippen LogP contribution in [-0.4, -0.2) is 118 Å². The van der Waals surface area contributed by atoms with E-state index in [-0.39, 0.29) is 24.8 Å². The maximum atomic E-state index is 15.1. The van der Waals surface area contributed by atoms with Crippen molar-refractivity contribution in [3.05, 3.63) is 41.0 Å². The first-order valence-electron chi connectivity index (χ1n) is 18.3. The van der Waals surface area contributed by atoms with E-state index in [0.717, 1.165) is 11.6 Å². The van der Waals surface area contributed by atoms with Crippen molar-refractivity contribution in [3.63, 3.8) is 0 Å². The average molecular weight is 734 g/mol. The summed E-state index contributed by atoms with van der Waals surface area (Å²) in [5, 5.41) is 39.3. The van der Waals surface area contributed by atoms with Crippen molar-refractivity contribution >= 4 is 12.1 Å². The number of fused-ring (bicyclic) bond motifs is 8. The van der Waals surface area contributed by atoms with E-state index in [0.29, 0.717) is 25.0 Å². The number of halogens is 1. The van der Waals surface area contributed by atoms with Crippen molar-refractivity contribution < 1.29 is 53.0 Å². The summed E-state index contributed by atoms with van der Waals surface area (Å²) in [4.78, 5) is 32.8. The summed E-state index contributed by atoms with van der Waals surface area (Å²) in [6, 6.07) is 0.775. The number of aliphatic hydroxyl groups is 3. The minimum absolute atomic E-state index is 0.0649. The normalized spacial score (nSPS) is 39.2. The second-order valence-electron chi connectivity index (χ2n) is 17.6. The Bertz CT molecular complexity index is 1600. The van der Waals surface area contributed by atoms with E-state index < -0.39 is 94.1 Å². The maximum absolute atomic E-state index is 15.1. The maximum Gasteiger partial charge on any atom is 0.408 e. The molecular formula is C38H56FN3O10. The molecule has 2 bridgehead atoms. The molecule has 3 aliphatic carbocycles. The van der Waals surface area contributed by atoms with E-state index in [1.165, 1.54) is 12.3 Å². The van der Waals surface area contributed by atoms with Crippen molar-refractivity contribution in [2.24, 2.45) is 22.7 Å². The largest absolute Gasteiger partial charge is 0.456 e. The van der Waals surface area contributed by atoms with Gasteiger partial charge in [0, 0.05) is 35.9 Å². The molecule has 1 amide bonds. The van der Waals surface area contributed by atoms with Crippen LogP contribution in [-0.2, 0) is 28.5 Å². The highest BCUT2D eigenvalue weighted by Gasteiger charge is 2.73. The molecule has 1 aromatic rings. The number of nitrogens with one attached hydrogen (secondary N) is 1. The van der Waals surface area contributed by atoms with Gasteiger partial charge in [-0.3, -0.25) is 4.98 Å². The molecule has 2 saturated carbocycles. The number of ether oxygens (including phenoxy) is 5. The topological polar surface area (TPSA) is 169 Å². The van der Waals surface area contributed by atoms with Crippen molar-refractivity contribution in [2.75, 3.05) is 27.2 Å². The molecule has 4 fully saturated rings. The molecule has 0 unspecified atom stereocenters. The Balaban J connectivity index is 1.41. The van der Waals surface area contributed by atoms with Crippen LogP contribution in [0, 0.1) is 28.5 Å². The van der Waals surface area contributed by atoms with E-state index in [1.807, 2.05) is 46.7 Å². The summed E-state index contributed by atoms with van der Waals surface area (Å²) < 4.78 is 45.9. The quantitative estimate of drug-likeness (QED) is 0.239. The van der Waals surface area contributed by atoms with Crippen LogP contribution < -0.4 is 5.32 Å². The number of carbonyl (C=O) groups excluding carboxylic acids is 2. The van der Waals surface area contributed by atoms with Gasteiger partial charge in [-0.25, -0.2) is 14.0 Å². The van der Waals surface area contributed by atoms with Crippen LogP contribution in [0.15, 0.2) is 29.5 Å². The molecule has 2 aliphatic heterocycles. The van der Waals surface area contributed by atoms with Crippen molar-refractivity contribution in [3.8, 4) is 0 Å². The smallest absolute Gasteiger partial charge is 0.408 e. The predicted octanol–water partition coefficient (Wildman–Crippen LogP) is 3.40. The number of aromatic nitrogens is 1. The fourth-order valence-corrected chi connectivity index (χ4v) is 10.1. The van der Waals surface area contributed by atoms with Gasteiger partial charge in [0.1, 0.15) is 41.0 Å². The lowest BCUT2D eigenvalue weighted by Crippen LogP contribution is -2.76. The number of aliphatic hydroxyl groups excluding tert-OH is 1. The summed E-state index contributed by atoms with van der Waals surface area (Å²) in [7, 11) is 3.85. The molecule has 0 spiro atoms. The summed E-state index contributed by atoms with van der Waals surface area (Å²) >= 11 is 0. The van der Waals surface area contributed by atoms with Gasteiger partial charge in [0.05, 0.1) is 24.4 Å². The number of carbonyl (C=O) groups is 2. The number of hydrogen-bond donors (Lipinski definition) is 4. The van der Waals surface area contributed by atoms with Gasteiger partial charge in [0.25, 0.3) is 0 Å². The minimum atomic E-state index is -2.11. The highest BCUT2D eigenvalue weighted by Crippen LogP contribution is 2.67. The Labute approximate surface area is 305 Å². The van der Waals surface area contributed by atoms with Crippen molar-refractivity contribution in [2.45, 2.75) is 134 Å². The molecular weight excluding hydrogens is 677 g/mol. The second-order valence-corrected chi connectivity index (χ2v) is 17.6. The third-order valence-electron chi connectivity index (χ3n) is 12.6. The zero-order valence-corrected chi connectivity index (χ0v) is 31.9. The van der Waals surface area contributed by atoms with Gasteiger partial charge < -0.3 is 49.2 Å². The number of esters is 1. The average Bonchev–Trinajstić information content (AvgIpc) is 3.43. The number of alkyl carbamates (subject to hydrolysis) is 1. The lowest BCUT2D eigenvalue weighted by molar-refractivity contribution is -0.335. The third kappa shape index (κ3) is 6.25. The standard InChI is InChI=1S/C38H56FN3O10/c1-19-22(49-32(44)28(43)27(26-21(39)12-11-15-40-26)41-33(45)52-34(3,4)5)16-38(47)20(2)30-36(8,14-13-23-37(30,46)18-48-23)31-29(25(19)35(38,6)7)50-24(51-31)17-42(9)10/h11-12,15,20,22-24,27-31,43,46-47H,13-14,16-18H2,1-10H3,(H,41,45)/t20-,22-,23+,24+,27-,28+,29+,30-,31+,36+,37-,38+/m0/s1. The van der Waals surface area contributed by atoms with Gasteiger partial charge in [0.15, 0.2) is 12.4 Å². The molecule has 52 heavy (non-hydrogen) atoms. The van der Waals surface area contributed by atoms with Crippen LogP contribution in [0.5, 0.6) is 0 Å². The zero-order valence-electron chi connectivity index (χ0n) is 31.9. The monoisotopic (exact) mass is 733 g/mol. The molecule has 12 atom stereocenters. The van der Waals surface area contributed by atoms with Crippen LogP contribution in [0.4, 0.5) is 9.18 Å². The number of likely N-dealkylation sites (N-methyl/N-ethyl adjacent to an activating group) is 1. The number of nitrogens with zero attached hydrogens (tertiary/aromatic N) is 2. The molecule has 5 aliphatic rings. The molecule has 6 rings (SSSR count). The first-order chi connectivity index (χ1) is 24.0. The third-order valence-corrected chi connectivity index (χ3v) is 12.6. The molecule has 4 N–H and O–H groups in total. The molecule has 0 radical (unpaired) electrons. The van der Waals surface area contributed by atoms with Crippen molar-refractivity contribution in [1.82, 2.24) is 15.2 Å². The van der Waals surface area contributed by atoms with E-state index in [2.05, 4.69) is 17.2 Å². The van der Waals surface area contributed by atoms with E-state index >= 15 is 4.39 Å². The van der Waals surface area contributed by atoms with E-state index in [9.17, 15) is 24.9 Å². The van der Waals surface area contributed by atoms with Gasteiger partial charge in [-0.15, -0.1) is 0 Å². The first kappa shape index (κ1) is 39.0. The molecule has 1 aromatic heterocycles. The number of rotatable bonds is 7.